The summed E-state index contributed by atoms with van der Waals surface area (Å²) < 4.78 is 0. The molecule has 0 spiro atoms. The van der Waals surface area contributed by atoms with Crippen LogP contribution in [0.4, 0.5) is 0 Å². The molecular formula is C18H21N3O2S. The molecule has 2 heterocycles. The topological polar surface area (TPSA) is 85.8 Å². The second kappa shape index (κ2) is 7.93. The highest BCUT2D eigenvalue weighted by Crippen LogP contribution is 2.15. The van der Waals surface area contributed by atoms with Crippen molar-refractivity contribution in [3.63, 3.8) is 0 Å². The van der Waals surface area contributed by atoms with Gasteiger partial charge in [-0.2, -0.15) is 16.6 Å². The fourth-order valence-electron chi connectivity index (χ4n) is 2.82. The van der Waals surface area contributed by atoms with Crippen molar-refractivity contribution in [2.75, 3.05) is 0 Å². The van der Waals surface area contributed by atoms with Crippen LogP contribution in [0, 0.1) is 25.2 Å². The standard InChI is InChI=1S/C18H21N3O2S/c1-11(8-14-6-7-24-10-14)20-17(22)5-4-15-12(2)16(9-19)18(23)21-13(15)3/h6-7,10-11H,4-5,8H2,1-3H3,(H,20,22)(H,21,23)/t11-/m0/s1. The van der Waals surface area contributed by atoms with Crippen molar-refractivity contribution in [2.45, 2.75) is 46.1 Å². The van der Waals surface area contributed by atoms with E-state index in [4.69, 9.17) is 5.26 Å². The monoisotopic (exact) mass is 343 g/mol. The maximum Gasteiger partial charge on any atom is 0.266 e. The SMILES string of the molecule is Cc1[nH]c(=O)c(C#N)c(C)c1CCC(=O)N[C@@H](C)Cc1ccsc1. The van der Waals surface area contributed by atoms with E-state index in [0.717, 1.165) is 17.7 Å². The first-order chi connectivity index (χ1) is 11.4. The second-order valence-corrected chi connectivity index (χ2v) is 6.75. The molecule has 0 radical (unpaired) electrons. The van der Waals surface area contributed by atoms with Gasteiger partial charge < -0.3 is 10.3 Å². The molecule has 2 rings (SSSR count). The normalized spacial score (nSPS) is 11.8. The lowest BCUT2D eigenvalue weighted by Gasteiger charge is -2.14. The molecule has 6 heteroatoms. The third kappa shape index (κ3) is 4.33. The largest absolute Gasteiger partial charge is 0.353 e. The molecule has 5 nitrogen and oxygen atoms in total. The number of amides is 1. The lowest BCUT2D eigenvalue weighted by atomic mass is 9.99. The summed E-state index contributed by atoms with van der Waals surface area (Å²) in [5.74, 6) is -0.0266. The molecule has 0 bridgehead atoms. The van der Waals surface area contributed by atoms with Crippen LogP contribution in [0.5, 0.6) is 0 Å². The van der Waals surface area contributed by atoms with E-state index in [9.17, 15) is 9.59 Å². The molecule has 0 aliphatic rings. The van der Waals surface area contributed by atoms with Crippen LogP contribution in [0.25, 0.3) is 0 Å². The van der Waals surface area contributed by atoms with E-state index >= 15 is 0 Å². The molecule has 126 valence electrons. The Balaban J connectivity index is 1.97. The number of thiophene rings is 1. The third-order valence-corrected chi connectivity index (χ3v) is 4.78. The summed E-state index contributed by atoms with van der Waals surface area (Å²) in [7, 11) is 0. The Kier molecular flexibility index (Phi) is 5.93. The number of nitrogens with zero attached hydrogens (tertiary/aromatic N) is 1. The number of nitriles is 1. The summed E-state index contributed by atoms with van der Waals surface area (Å²) in [5.41, 5.74) is 3.23. The highest BCUT2D eigenvalue weighted by molar-refractivity contribution is 7.07. The van der Waals surface area contributed by atoms with Gasteiger partial charge in [-0.25, -0.2) is 0 Å². The van der Waals surface area contributed by atoms with Crippen molar-refractivity contribution in [1.29, 1.82) is 5.26 Å². The van der Waals surface area contributed by atoms with Crippen LogP contribution in [0.1, 0.15) is 41.3 Å². The van der Waals surface area contributed by atoms with E-state index in [1.807, 2.05) is 18.4 Å². The van der Waals surface area contributed by atoms with Gasteiger partial charge in [0.15, 0.2) is 0 Å². The number of H-pyrrole nitrogens is 1. The molecule has 0 unspecified atom stereocenters. The third-order valence-electron chi connectivity index (χ3n) is 4.05. The Bertz CT molecular complexity index is 816. The van der Waals surface area contributed by atoms with E-state index in [2.05, 4.69) is 21.7 Å². The van der Waals surface area contributed by atoms with Gasteiger partial charge in [0.25, 0.3) is 5.56 Å². The van der Waals surface area contributed by atoms with Crippen LogP contribution in [-0.4, -0.2) is 16.9 Å². The van der Waals surface area contributed by atoms with E-state index in [1.54, 1.807) is 25.2 Å². The molecule has 0 aromatic carbocycles. The molecular weight excluding hydrogens is 322 g/mol. The zero-order valence-corrected chi connectivity index (χ0v) is 14.9. The number of hydrogen-bond acceptors (Lipinski definition) is 4. The van der Waals surface area contributed by atoms with E-state index in [0.29, 0.717) is 18.4 Å². The summed E-state index contributed by atoms with van der Waals surface area (Å²) in [6.45, 7) is 5.54. The first-order valence-corrected chi connectivity index (χ1v) is 8.79. The Labute approximate surface area is 145 Å². The summed E-state index contributed by atoms with van der Waals surface area (Å²) in [6.07, 6.45) is 1.64. The zero-order chi connectivity index (χ0) is 17.7. The molecule has 1 amide bonds. The minimum atomic E-state index is -0.370. The number of rotatable bonds is 6. The number of aryl methyl sites for hydroxylation is 1. The fraction of sp³-hybridized carbons (Fsp3) is 0.389. The average molecular weight is 343 g/mol. The number of carbonyl (C=O) groups excluding carboxylic acids is 1. The maximum absolute atomic E-state index is 12.2. The van der Waals surface area contributed by atoms with Gasteiger partial charge in [0, 0.05) is 18.2 Å². The number of aromatic nitrogens is 1. The van der Waals surface area contributed by atoms with Crippen LogP contribution in [-0.2, 0) is 17.6 Å². The molecule has 2 aromatic rings. The maximum atomic E-state index is 12.2. The van der Waals surface area contributed by atoms with Crippen molar-refractivity contribution in [2.24, 2.45) is 0 Å². The molecule has 0 saturated heterocycles. The predicted molar refractivity (Wildman–Crippen MR) is 95.2 cm³/mol. The van der Waals surface area contributed by atoms with Crippen molar-refractivity contribution in [3.8, 4) is 6.07 Å². The van der Waals surface area contributed by atoms with Gasteiger partial charge in [-0.3, -0.25) is 9.59 Å². The van der Waals surface area contributed by atoms with Crippen molar-refractivity contribution in [3.05, 3.63) is 55.1 Å². The lowest BCUT2D eigenvalue weighted by Crippen LogP contribution is -2.34. The summed E-state index contributed by atoms with van der Waals surface area (Å²) in [5, 5.41) is 16.2. The molecule has 0 saturated carbocycles. The highest BCUT2D eigenvalue weighted by atomic mass is 32.1. The average Bonchev–Trinajstić information content (AvgIpc) is 2.99. The molecule has 2 N–H and O–H groups in total. The number of aromatic amines is 1. The van der Waals surface area contributed by atoms with Gasteiger partial charge in [-0.1, -0.05) is 0 Å². The van der Waals surface area contributed by atoms with Crippen LogP contribution < -0.4 is 10.9 Å². The quantitative estimate of drug-likeness (QED) is 0.845. The first kappa shape index (κ1) is 18.0. The Morgan fingerprint density at radius 1 is 1.46 bits per heavy atom. The summed E-state index contributed by atoms with van der Waals surface area (Å²) in [4.78, 5) is 26.6. The van der Waals surface area contributed by atoms with Crippen molar-refractivity contribution < 1.29 is 4.79 Å². The highest BCUT2D eigenvalue weighted by Gasteiger charge is 2.14. The number of hydrogen-bond donors (Lipinski definition) is 2. The molecule has 1 atom stereocenters. The van der Waals surface area contributed by atoms with Gasteiger partial charge in [-0.05, 0) is 67.1 Å². The Morgan fingerprint density at radius 3 is 2.83 bits per heavy atom. The summed E-state index contributed by atoms with van der Waals surface area (Å²) in [6, 6.07) is 4.06. The van der Waals surface area contributed by atoms with Crippen LogP contribution in [0.3, 0.4) is 0 Å². The number of pyridine rings is 1. The summed E-state index contributed by atoms with van der Waals surface area (Å²) >= 11 is 1.65. The lowest BCUT2D eigenvalue weighted by molar-refractivity contribution is -0.121. The van der Waals surface area contributed by atoms with Crippen LogP contribution >= 0.6 is 11.3 Å². The van der Waals surface area contributed by atoms with Gasteiger partial charge in [0.1, 0.15) is 11.6 Å². The molecule has 2 aromatic heterocycles. The molecule has 0 fully saturated rings. The van der Waals surface area contributed by atoms with Crippen molar-refractivity contribution >= 4 is 17.2 Å². The van der Waals surface area contributed by atoms with Gasteiger partial charge >= 0.3 is 0 Å². The van der Waals surface area contributed by atoms with E-state index < -0.39 is 0 Å². The van der Waals surface area contributed by atoms with E-state index in [1.165, 1.54) is 5.56 Å². The minimum Gasteiger partial charge on any atom is -0.353 e. The van der Waals surface area contributed by atoms with E-state index in [-0.39, 0.29) is 23.1 Å². The smallest absolute Gasteiger partial charge is 0.266 e. The second-order valence-electron chi connectivity index (χ2n) is 5.97. The molecule has 0 aliphatic carbocycles. The zero-order valence-electron chi connectivity index (χ0n) is 14.1. The molecule has 0 aliphatic heterocycles. The van der Waals surface area contributed by atoms with Gasteiger partial charge in [0.05, 0.1) is 0 Å². The Morgan fingerprint density at radius 2 is 2.21 bits per heavy atom. The van der Waals surface area contributed by atoms with Crippen LogP contribution in [0.2, 0.25) is 0 Å². The first-order valence-electron chi connectivity index (χ1n) is 7.85. The Hall–Kier alpha value is -2.39. The van der Waals surface area contributed by atoms with Gasteiger partial charge in [0.2, 0.25) is 5.91 Å². The van der Waals surface area contributed by atoms with Crippen LogP contribution in [0.15, 0.2) is 21.6 Å². The number of nitrogens with one attached hydrogen (secondary N) is 2. The van der Waals surface area contributed by atoms with Gasteiger partial charge in [-0.15, -0.1) is 0 Å². The predicted octanol–water partition coefficient (Wildman–Crippen LogP) is 2.60. The number of carbonyl (C=O) groups is 1. The van der Waals surface area contributed by atoms with Crippen molar-refractivity contribution in [1.82, 2.24) is 10.3 Å². The molecule has 24 heavy (non-hydrogen) atoms. The fourth-order valence-corrected chi connectivity index (χ4v) is 3.50. The minimum absolute atomic E-state index is 0.0266.